The summed E-state index contributed by atoms with van der Waals surface area (Å²) in [6, 6.07) is 0. The first-order valence-corrected chi connectivity index (χ1v) is 12.2. The zero-order chi connectivity index (χ0) is 23.2. The fraction of sp³-hybridized carbons (Fsp3) is 0.750. The number of hydrogen-bond donors (Lipinski definition) is 0. The molecule has 2 aromatic heterocycles. The van der Waals surface area contributed by atoms with Crippen LogP contribution in [-0.2, 0) is 38.5 Å². The molecule has 31 heavy (non-hydrogen) atoms. The number of fused-ring (bicyclic) bond motifs is 1. The van der Waals surface area contributed by atoms with Crippen LogP contribution < -0.4 is 11.2 Å². The minimum atomic E-state index is -3.26. The number of ether oxygens (including phenoxy) is 1. The first kappa shape index (κ1) is 25.5. The molecule has 0 aliphatic carbocycles. The normalized spacial score (nSPS) is 12.7. The van der Waals surface area contributed by atoms with Gasteiger partial charge in [0.05, 0.1) is 31.3 Å². The summed E-state index contributed by atoms with van der Waals surface area (Å²) in [5.74, 6) is 0. The van der Waals surface area contributed by atoms with Crippen molar-refractivity contribution in [1.29, 1.82) is 0 Å². The molecule has 0 radical (unpaired) electrons. The molecule has 0 fully saturated rings. The molecule has 0 aliphatic rings. The molecule has 2 rings (SSSR count). The fourth-order valence-corrected chi connectivity index (χ4v) is 5.45. The van der Waals surface area contributed by atoms with E-state index in [1.165, 1.54) is 9.13 Å². The lowest BCUT2D eigenvalue weighted by molar-refractivity contribution is 0.188. The molecule has 2 aromatic rings. The van der Waals surface area contributed by atoms with Crippen LogP contribution in [0.3, 0.4) is 0 Å². The molecule has 0 saturated heterocycles. The third kappa shape index (κ3) is 5.37. The number of imidazole rings is 1. The second-order valence-corrected chi connectivity index (χ2v) is 10.7. The molecule has 0 bridgehead atoms. The van der Waals surface area contributed by atoms with Gasteiger partial charge >= 0.3 is 13.3 Å². The number of unbranched alkanes of at least 4 members (excludes halogenated alkanes) is 1. The van der Waals surface area contributed by atoms with Crippen LogP contribution in [0.25, 0.3) is 11.2 Å². The van der Waals surface area contributed by atoms with Crippen LogP contribution >= 0.6 is 7.60 Å². The maximum Gasteiger partial charge on any atom is 0.336 e. The third-order valence-electron chi connectivity index (χ3n) is 5.40. The molecule has 2 heterocycles. The summed E-state index contributed by atoms with van der Waals surface area (Å²) in [5.41, 5.74) is -0.0159. The van der Waals surface area contributed by atoms with Gasteiger partial charge in [-0.1, -0.05) is 6.42 Å². The molecule has 0 amide bonds. The van der Waals surface area contributed by atoms with E-state index in [1.54, 1.807) is 38.9 Å². The molecule has 0 saturated carbocycles. The highest BCUT2D eigenvalue weighted by Crippen LogP contribution is 2.61. The standard InChI is InChI=1S/C20H35N4O6P/c1-7-29-31(27,30-8-2)20(3,4)11-9-10-12-24-18(25)16-17(22(5)19(24)26)21-15-23(16)13-14-28-6/h15H,7-14H2,1-6H3. The minimum absolute atomic E-state index is 0.264. The molecular formula is C20H35N4O6P. The van der Waals surface area contributed by atoms with Crippen molar-refractivity contribution < 1.29 is 18.3 Å². The highest BCUT2D eigenvalue weighted by molar-refractivity contribution is 7.55. The van der Waals surface area contributed by atoms with E-state index < -0.39 is 18.4 Å². The van der Waals surface area contributed by atoms with Crippen LogP contribution in [0.4, 0.5) is 0 Å². The molecule has 11 heteroatoms. The van der Waals surface area contributed by atoms with Gasteiger partial charge in [0.15, 0.2) is 11.2 Å². The van der Waals surface area contributed by atoms with Crippen molar-refractivity contribution in [3.63, 3.8) is 0 Å². The molecule has 0 atom stereocenters. The van der Waals surface area contributed by atoms with Gasteiger partial charge in [0, 0.05) is 27.2 Å². The third-order valence-corrected chi connectivity index (χ3v) is 8.30. The number of methoxy groups -OCH3 is 1. The summed E-state index contributed by atoms with van der Waals surface area (Å²) >= 11 is 0. The average Bonchev–Trinajstić information content (AvgIpc) is 3.14. The maximum atomic E-state index is 13.1. The topological polar surface area (TPSA) is 107 Å². The number of hydrogen-bond acceptors (Lipinski definition) is 7. The Morgan fingerprint density at radius 1 is 1.10 bits per heavy atom. The molecule has 0 spiro atoms. The van der Waals surface area contributed by atoms with Crippen LogP contribution in [0.1, 0.15) is 47.0 Å². The molecule has 0 unspecified atom stereocenters. The molecule has 10 nitrogen and oxygen atoms in total. The van der Waals surface area contributed by atoms with Crippen molar-refractivity contribution in [2.24, 2.45) is 7.05 Å². The second kappa shape index (κ2) is 10.7. The molecular weight excluding hydrogens is 423 g/mol. The maximum absolute atomic E-state index is 13.1. The van der Waals surface area contributed by atoms with Gasteiger partial charge < -0.3 is 18.4 Å². The summed E-state index contributed by atoms with van der Waals surface area (Å²) in [6.45, 7) is 9.10. The zero-order valence-electron chi connectivity index (χ0n) is 19.4. The van der Waals surface area contributed by atoms with E-state index >= 15 is 0 Å². The van der Waals surface area contributed by atoms with Crippen LogP contribution in [0.2, 0.25) is 0 Å². The van der Waals surface area contributed by atoms with Crippen molar-refractivity contribution in [3.8, 4) is 0 Å². The number of rotatable bonds is 13. The Labute approximate surface area is 182 Å². The zero-order valence-corrected chi connectivity index (χ0v) is 20.3. The van der Waals surface area contributed by atoms with Crippen molar-refractivity contribution >= 4 is 18.8 Å². The lowest BCUT2D eigenvalue weighted by atomic mass is 10.1. The van der Waals surface area contributed by atoms with Crippen molar-refractivity contribution in [2.45, 2.75) is 65.2 Å². The Kier molecular flexibility index (Phi) is 8.83. The summed E-state index contributed by atoms with van der Waals surface area (Å²) in [6.07, 6.45) is 3.37. The summed E-state index contributed by atoms with van der Waals surface area (Å²) in [7, 11) is -0.0639. The predicted octanol–water partition coefficient (Wildman–Crippen LogP) is 2.76. The van der Waals surface area contributed by atoms with E-state index in [0.717, 1.165) is 0 Å². The fourth-order valence-electron chi connectivity index (χ4n) is 3.57. The van der Waals surface area contributed by atoms with E-state index in [-0.39, 0.29) is 12.1 Å². The van der Waals surface area contributed by atoms with Crippen molar-refractivity contribution in [2.75, 3.05) is 26.9 Å². The highest BCUT2D eigenvalue weighted by Gasteiger charge is 2.42. The average molecular weight is 458 g/mol. The second-order valence-electron chi connectivity index (χ2n) is 8.00. The summed E-state index contributed by atoms with van der Waals surface area (Å²) in [5, 5.41) is -0.669. The van der Waals surface area contributed by atoms with E-state index in [0.29, 0.717) is 56.8 Å². The molecule has 0 aliphatic heterocycles. The van der Waals surface area contributed by atoms with Gasteiger partial charge in [-0.3, -0.25) is 18.5 Å². The van der Waals surface area contributed by atoms with Gasteiger partial charge in [0.25, 0.3) is 5.56 Å². The Balaban J connectivity index is 2.18. The van der Waals surface area contributed by atoms with E-state index in [4.69, 9.17) is 13.8 Å². The van der Waals surface area contributed by atoms with Crippen LogP contribution in [-0.4, -0.2) is 50.8 Å². The van der Waals surface area contributed by atoms with Gasteiger partial charge in [-0.25, -0.2) is 9.78 Å². The number of aryl methyl sites for hydroxylation is 1. The Bertz CT molecular complexity index is 1030. The largest absolute Gasteiger partial charge is 0.383 e. The van der Waals surface area contributed by atoms with E-state index in [9.17, 15) is 14.2 Å². The van der Waals surface area contributed by atoms with Gasteiger partial charge in [-0.05, 0) is 40.5 Å². The summed E-state index contributed by atoms with van der Waals surface area (Å²) < 4.78 is 33.5. The first-order chi connectivity index (χ1) is 14.6. The predicted molar refractivity (Wildman–Crippen MR) is 120 cm³/mol. The highest BCUT2D eigenvalue weighted by atomic mass is 31.2. The first-order valence-electron chi connectivity index (χ1n) is 10.7. The van der Waals surface area contributed by atoms with Gasteiger partial charge in [0.1, 0.15) is 0 Å². The Morgan fingerprint density at radius 3 is 2.32 bits per heavy atom. The van der Waals surface area contributed by atoms with Crippen LogP contribution in [0.15, 0.2) is 15.9 Å². The van der Waals surface area contributed by atoms with Gasteiger partial charge in [-0.2, -0.15) is 0 Å². The summed E-state index contributed by atoms with van der Waals surface area (Å²) in [4.78, 5) is 30.0. The molecule has 0 aromatic carbocycles. The van der Waals surface area contributed by atoms with Crippen LogP contribution in [0, 0.1) is 0 Å². The van der Waals surface area contributed by atoms with E-state index in [2.05, 4.69) is 4.98 Å². The van der Waals surface area contributed by atoms with Crippen molar-refractivity contribution in [1.82, 2.24) is 18.7 Å². The minimum Gasteiger partial charge on any atom is -0.383 e. The Morgan fingerprint density at radius 2 is 1.74 bits per heavy atom. The monoisotopic (exact) mass is 458 g/mol. The van der Waals surface area contributed by atoms with Gasteiger partial charge in [-0.15, -0.1) is 0 Å². The SMILES string of the molecule is CCOP(=O)(OCC)C(C)(C)CCCCn1c(=O)c2c(ncn2CCOC)n(C)c1=O. The van der Waals surface area contributed by atoms with Crippen molar-refractivity contribution in [3.05, 3.63) is 27.2 Å². The van der Waals surface area contributed by atoms with E-state index in [1.807, 2.05) is 13.8 Å². The lowest BCUT2D eigenvalue weighted by Crippen LogP contribution is -2.39. The quantitative estimate of drug-likeness (QED) is 0.336. The van der Waals surface area contributed by atoms with Crippen LogP contribution in [0.5, 0.6) is 0 Å². The molecule has 176 valence electrons. The molecule has 0 N–H and O–H groups in total. The number of nitrogens with zero attached hydrogens (tertiary/aromatic N) is 4. The Hall–Kier alpha value is -1.74. The smallest absolute Gasteiger partial charge is 0.336 e. The van der Waals surface area contributed by atoms with Gasteiger partial charge in [0.2, 0.25) is 0 Å². The lowest BCUT2D eigenvalue weighted by Gasteiger charge is -2.32. The number of aromatic nitrogens is 4.